The molecule has 3 amide bonds. The third kappa shape index (κ3) is 1.58. The van der Waals surface area contributed by atoms with Gasteiger partial charge in [-0.15, -0.1) is 0 Å². The summed E-state index contributed by atoms with van der Waals surface area (Å²) in [6.45, 7) is 0.121. The normalized spacial score (nSPS) is 23.2. The molecule has 7 heteroatoms. The first kappa shape index (κ1) is 11.3. The van der Waals surface area contributed by atoms with Crippen molar-refractivity contribution < 1.29 is 14.2 Å². The van der Waals surface area contributed by atoms with Gasteiger partial charge in [-0.3, -0.25) is 14.6 Å². The molecule has 17 heavy (non-hydrogen) atoms. The second-order valence-corrected chi connectivity index (χ2v) is 3.91. The zero-order chi connectivity index (χ0) is 12.6. The SMILES string of the molecule is CN1C(=O)N(CCC#N)C(=O)C2C1=NC=[N+]2C. The van der Waals surface area contributed by atoms with E-state index in [1.807, 2.05) is 6.07 Å². The van der Waals surface area contributed by atoms with Crippen LogP contribution >= 0.6 is 0 Å². The van der Waals surface area contributed by atoms with Crippen molar-refractivity contribution >= 4 is 24.1 Å². The van der Waals surface area contributed by atoms with Gasteiger partial charge in [0.15, 0.2) is 0 Å². The van der Waals surface area contributed by atoms with Crippen molar-refractivity contribution in [1.82, 2.24) is 9.80 Å². The first-order valence-corrected chi connectivity index (χ1v) is 5.17. The average molecular weight is 234 g/mol. The number of rotatable bonds is 2. The molecule has 0 aromatic heterocycles. The second-order valence-electron chi connectivity index (χ2n) is 3.91. The predicted molar refractivity (Wildman–Crippen MR) is 58.6 cm³/mol. The van der Waals surface area contributed by atoms with Crippen molar-refractivity contribution in [1.29, 1.82) is 5.26 Å². The fourth-order valence-electron chi connectivity index (χ4n) is 1.91. The van der Waals surface area contributed by atoms with Crippen molar-refractivity contribution in [3.63, 3.8) is 0 Å². The van der Waals surface area contributed by atoms with Crippen molar-refractivity contribution in [2.24, 2.45) is 4.99 Å². The van der Waals surface area contributed by atoms with Crippen LogP contribution in [-0.2, 0) is 4.79 Å². The van der Waals surface area contributed by atoms with E-state index >= 15 is 0 Å². The lowest BCUT2D eigenvalue weighted by Gasteiger charge is -2.32. The Balaban J connectivity index is 2.30. The number of carbonyl (C=O) groups excluding carboxylic acids is 2. The highest BCUT2D eigenvalue weighted by Crippen LogP contribution is 2.17. The van der Waals surface area contributed by atoms with Crippen molar-refractivity contribution in [2.75, 3.05) is 20.6 Å². The van der Waals surface area contributed by atoms with Crippen LogP contribution in [-0.4, -0.2) is 65.2 Å². The molecule has 2 aliphatic rings. The van der Waals surface area contributed by atoms with Gasteiger partial charge in [0.1, 0.15) is 0 Å². The minimum absolute atomic E-state index is 0.121. The average Bonchev–Trinajstić information content (AvgIpc) is 2.69. The Morgan fingerprint density at radius 3 is 2.94 bits per heavy atom. The van der Waals surface area contributed by atoms with Crippen LogP contribution in [0.25, 0.3) is 0 Å². The lowest BCUT2D eigenvalue weighted by Crippen LogP contribution is -2.62. The van der Waals surface area contributed by atoms with Crippen LogP contribution in [0, 0.1) is 11.3 Å². The Morgan fingerprint density at radius 2 is 2.29 bits per heavy atom. The van der Waals surface area contributed by atoms with Crippen LogP contribution in [0.1, 0.15) is 6.42 Å². The maximum absolute atomic E-state index is 12.1. The number of amides is 3. The number of carbonyl (C=O) groups is 2. The maximum atomic E-state index is 12.1. The highest BCUT2D eigenvalue weighted by atomic mass is 16.2. The molecule has 1 saturated heterocycles. The van der Waals surface area contributed by atoms with Crippen molar-refractivity contribution in [3.05, 3.63) is 0 Å². The smallest absolute Gasteiger partial charge is 0.269 e. The topological polar surface area (TPSA) is 79.8 Å². The number of nitrogens with zero attached hydrogens (tertiary/aromatic N) is 5. The van der Waals surface area contributed by atoms with Crippen LogP contribution in [0.2, 0.25) is 0 Å². The fraction of sp³-hybridized carbons (Fsp3) is 0.500. The lowest BCUT2D eigenvalue weighted by molar-refractivity contribution is -0.500. The molecule has 0 spiro atoms. The Labute approximate surface area is 98.2 Å². The van der Waals surface area contributed by atoms with Gasteiger partial charge >= 0.3 is 6.03 Å². The van der Waals surface area contributed by atoms with Crippen LogP contribution in [0.3, 0.4) is 0 Å². The number of fused-ring (bicyclic) bond motifs is 1. The van der Waals surface area contributed by atoms with E-state index in [2.05, 4.69) is 4.99 Å². The summed E-state index contributed by atoms with van der Waals surface area (Å²) in [5, 5.41) is 8.52. The summed E-state index contributed by atoms with van der Waals surface area (Å²) >= 11 is 0. The fourth-order valence-corrected chi connectivity index (χ4v) is 1.91. The Morgan fingerprint density at radius 1 is 1.59 bits per heavy atom. The van der Waals surface area contributed by atoms with Gasteiger partial charge in [-0.2, -0.15) is 5.26 Å². The Hall–Kier alpha value is -2.23. The molecule has 7 nitrogen and oxygen atoms in total. The Kier molecular flexibility index (Phi) is 2.63. The molecule has 1 fully saturated rings. The number of aliphatic imine (C=N–C) groups is 1. The van der Waals surface area contributed by atoms with E-state index in [-0.39, 0.29) is 18.9 Å². The molecule has 2 rings (SSSR count). The first-order valence-electron chi connectivity index (χ1n) is 5.17. The van der Waals surface area contributed by atoms with E-state index in [4.69, 9.17) is 5.26 Å². The summed E-state index contributed by atoms with van der Waals surface area (Å²) < 4.78 is 1.65. The quantitative estimate of drug-likeness (QED) is 0.589. The van der Waals surface area contributed by atoms with E-state index in [1.165, 1.54) is 11.2 Å². The van der Waals surface area contributed by atoms with E-state index in [0.29, 0.717) is 5.84 Å². The number of urea groups is 1. The number of nitriles is 1. The van der Waals surface area contributed by atoms with Gasteiger partial charge in [0.25, 0.3) is 24.1 Å². The summed E-state index contributed by atoms with van der Waals surface area (Å²) in [6, 6.07) is 0.954. The molecule has 0 aromatic carbocycles. The molecule has 0 saturated carbocycles. The van der Waals surface area contributed by atoms with Gasteiger partial charge in [-0.05, 0) is 4.99 Å². The largest absolute Gasteiger partial charge is 0.333 e. The van der Waals surface area contributed by atoms with Crippen LogP contribution in [0.15, 0.2) is 4.99 Å². The van der Waals surface area contributed by atoms with E-state index in [0.717, 1.165) is 4.90 Å². The molecule has 1 atom stereocenters. The van der Waals surface area contributed by atoms with E-state index in [1.54, 1.807) is 18.7 Å². The number of likely N-dealkylation sites (N-methyl/N-ethyl adjacent to an activating group) is 2. The number of amidine groups is 1. The van der Waals surface area contributed by atoms with Gasteiger partial charge in [-0.25, -0.2) is 9.37 Å². The summed E-state index contributed by atoms with van der Waals surface area (Å²) in [5.41, 5.74) is 0. The van der Waals surface area contributed by atoms with Crippen molar-refractivity contribution in [3.8, 4) is 6.07 Å². The van der Waals surface area contributed by atoms with Crippen LogP contribution < -0.4 is 0 Å². The standard InChI is InChI=1S/C10H12N5O2/c1-13-6-12-8-7(13)9(16)15(5-3-4-11)10(17)14(8)2/h6-7H,3,5H2,1-2H3/q+1. The number of hydrogen-bond donors (Lipinski definition) is 0. The predicted octanol–water partition coefficient (Wildman–Crippen LogP) is -0.755. The third-order valence-corrected chi connectivity index (χ3v) is 2.83. The minimum Gasteiger partial charge on any atom is -0.269 e. The molecule has 0 bridgehead atoms. The van der Waals surface area contributed by atoms with Gasteiger partial charge < -0.3 is 0 Å². The number of imide groups is 1. The summed E-state index contributed by atoms with van der Waals surface area (Å²) in [5.74, 6) is 0.119. The summed E-state index contributed by atoms with van der Waals surface area (Å²) in [7, 11) is 3.30. The molecule has 0 aliphatic carbocycles. The highest BCUT2D eigenvalue weighted by Gasteiger charge is 2.50. The van der Waals surface area contributed by atoms with Crippen LogP contribution in [0.5, 0.6) is 0 Å². The van der Waals surface area contributed by atoms with Gasteiger partial charge in [0.05, 0.1) is 19.5 Å². The van der Waals surface area contributed by atoms with Gasteiger partial charge in [-0.1, -0.05) is 0 Å². The molecule has 0 N–H and O–H groups in total. The summed E-state index contributed by atoms with van der Waals surface area (Å²) in [6.07, 6.45) is 1.66. The first-order chi connectivity index (χ1) is 8.07. The molecule has 0 aromatic rings. The Bertz CT molecular complexity index is 487. The van der Waals surface area contributed by atoms with E-state index in [9.17, 15) is 9.59 Å². The molecule has 0 radical (unpaired) electrons. The number of hydrogen-bond acceptors (Lipinski definition) is 4. The van der Waals surface area contributed by atoms with Gasteiger partial charge in [0, 0.05) is 13.6 Å². The van der Waals surface area contributed by atoms with Crippen LogP contribution in [0.4, 0.5) is 4.79 Å². The minimum atomic E-state index is -0.545. The third-order valence-electron chi connectivity index (χ3n) is 2.83. The molecule has 2 heterocycles. The zero-order valence-electron chi connectivity index (χ0n) is 9.62. The second kappa shape index (κ2) is 3.97. The monoisotopic (exact) mass is 234 g/mol. The maximum Gasteiger partial charge on any atom is 0.333 e. The molecular formula is C10H12N5O2+. The van der Waals surface area contributed by atoms with Crippen molar-refractivity contribution in [2.45, 2.75) is 12.5 Å². The molecular weight excluding hydrogens is 222 g/mol. The van der Waals surface area contributed by atoms with Gasteiger partial charge in [0.2, 0.25) is 0 Å². The molecule has 1 unspecified atom stereocenters. The molecule has 2 aliphatic heterocycles. The molecule has 88 valence electrons. The zero-order valence-corrected chi connectivity index (χ0v) is 9.62. The van der Waals surface area contributed by atoms with E-state index < -0.39 is 12.1 Å². The highest BCUT2D eigenvalue weighted by molar-refractivity contribution is 6.21. The lowest BCUT2D eigenvalue weighted by atomic mass is 10.1. The summed E-state index contributed by atoms with van der Waals surface area (Å²) in [4.78, 5) is 30.5.